The van der Waals surface area contributed by atoms with E-state index in [9.17, 15) is 4.79 Å². The lowest BCUT2D eigenvalue weighted by molar-refractivity contribution is 0.203. The Labute approximate surface area is 137 Å². The number of urea groups is 1. The maximum atomic E-state index is 12.1. The first-order valence-corrected chi connectivity index (χ1v) is 7.67. The first-order chi connectivity index (χ1) is 11.0. The molecular formula is C17H25N5O. The highest BCUT2D eigenvalue weighted by Crippen LogP contribution is 2.19. The molecule has 1 N–H and O–H groups in total. The average Bonchev–Trinajstić information content (AvgIpc) is 2.97. The average molecular weight is 315 g/mol. The van der Waals surface area contributed by atoms with Crippen molar-refractivity contribution in [2.45, 2.75) is 6.54 Å². The van der Waals surface area contributed by atoms with Crippen LogP contribution in [0.3, 0.4) is 0 Å². The number of aryl methyl sites for hydroxylation is 1. The van der Waals surface area contributed by atoms with Crippen molar-refractivity contribution in [3.63, 3.8) is 0 Å². The van der Waals surface area contributed by atoms with E-state index >= 15 is 0 Å². The minimum Gasteiger partial charge on any atom is -0.334 e. The third-order valence-electron chi connectivity index (χ3n) is 3.64. The molecule has 0 saturated carbocycles. The normalized spacial score (nSPS) is 10.8. The van der Waals surface area contributed by atoms with Crippen molar-refractivity contribution in [1.82, 2.24) is 24.9 Å². The third kappa shape index (κ3) is 5.10. The minimum atomic E-state index is -0.0568. The molecule has 1 aromatic carbocycles. The Morgan fingerprint density at radius 2 is 2.00 bits per heavy atom. The Kier molecular flexibility index (Phi) is 5.76. The van der Waals surface area contributed by atoms with Crippen LogP contribution >= 0.6 is 0 Å². The Hall–Kier alpha value is -2.34. The lowest BCUT2D eigenvalue weighted by Gasteiger charge is -2.20. The second kappa shape index (κ2) is 7.78. The van der Waals surface area contributed by atoms with Gasteiger partial charge in [-0.15, -0.1) is 0 Å². The number of aromatic nitrogens is 2. The second-order valence-corrected chi connectivity index (χ2v) is 5.99. The molecule has 0 unspecified atom stereocenters. The molecule has 0 bridgehead atoms. The van der Waals surface area contributed by atoms with Gasteiger partial charge >= 0.3 is 6.03 Å². The summed E-state index contributed by atoms with van der Waals surface area (Å²) in [5.41, 5.74) is 3.25. The van der Waals surface area contributed by atoms with E-state index in [0.717, 1.165) is 23.2 Å². The molecule has 0 aliphatic heterocycles. The van der Waals surface area contributed by atoms with Gasteiger partial charge in [-0.3, -0.25) is 4.68 Å². The van der Waals surface area contributed by atoms with E-state index in [4.69, 9.17) is 0 Å². The van der Waals surface area contributed by atoms with Gasteiger partial charge in [0.2, 0.25) is 0 Å². The Bertz CT molecular complexity index is 650. The van der Waals surface area contributed by atoms with E-state index in [2.05, 4.69) is 21.4 Å². The van der Waals surface area contributed by atoms with Crippen LogP contribution in [0.4, 0.5) is 4.79 Å². The molecule has 0 atom stereocenters. The molecule has 23 heavy (non-hydrogen) atoms. The highest BCUT2D eigenvalue weighted by atomic mass is 16.2. The molecule has 0 aliphatic carbocycles. The molecule has 2 amide bonds. The first-order valence-electron chi connectivity index (χ1n) is 7.67. The fourth-order valence-corrected chi connectivity index (χ4v) is 2.20. The predicted molar refractivity (Wildman–Crippen MR) is 92.1 cm³/mol. The molecule has 0 fully saturated rings. The number of likely N-dealkylation sites (N-methyl/N-ethyl adjacent to an activating group) is 2. The van der Waals surface area contributed by atoms with Crippen molar-refractivity contribution >= 4 is 6.03 Å². The van der Waals surface area contributed by atoms with Gasteiger partial charge in [0.25, 0.3) is 0 Å². The molecule has 1 aromatic heterocycles. The number of amides is 2. The van der Waals surface area contributed by atoms with E-state index in [-0.39, 0.29) is 6.03 Å². The smallest absolute Gasteiger partial charge is 0.317 e. The number of carbonyl (C=O) groups excluding carboxylic acids is 1. The molecule has 0 aliphatic rings. The van der Waals surface area contributed by atoms with Crippen LogP contribution in [-0.2, 0) is 13.6 Å². The number of benzene rings is 1. The van der Waals surface area contributed by atoms with Crippen molar-refractivity contribution in [2.24, 2.45) is 7.05 Å². The van der Waals surface area contributed by atoms with Crippen molar-refractivity contribution < 1.29 is 4.79 Å². The SMILES string of the molecule is CN(C)CCN(C)C(=O)NCc1cccc(-c2cnn(C)c2)c1. The van der Waals surface area contributed by atoms with Gasteiger partial charge in [-0.25, -0.2) is 4.79 Å². The van der Waals surface area contributed by atoms with Gasteiger partial charge in [-0.2, -0.15) is 5.10 Å². The lowest BCUT2D eigenvalue weighted by Crippen LogP contribution is -2.40. The minimum absolute atomic E-state index is 0.0568. The molecule has 0 spiro atoms. The van der Waals surface area contributed by atoms with Crippen LogP contribution in [-0.4, -0.2) is 59.8 Å². The third-order valence-corrected chi connectivity index (χ3v) is 3.64. The molecule has 6 heteroatoms. The summed E-state index contributed by atoms with van der Waals surface area (Å²) in [4.78, 5) is 15.8. The Balaban J connectivity index is 1.92. The van der Waals surface area contributed by atoms with Crippen LogP contribution in [0.5, 0.6) is 0 Å². The van der Waals surface area contributed by atoms with Crippen LogP contribution in [0.2, 0.25) is 0 Å². The van der Waals surface area contributed by atoms with Crippen LogP contribution in [0.25, 0.3) is 11.1 Å². The maximum Gasteiger partial charge on any atom is 0.317 e. The fraction of sp³-hybridized carbons (Fsp3) is 0.412. The largest absolute Gasteiger partial charge is 0.334 e. The zero-order valence-corrected chi connectivity index (χ0v) is 14.3. The van der Waals surface area contributed by atoms with Crippen LogP contribution in [0.1, 0.15) is 5.56 Å². The van der Waals surface area contributed by atoms with Gasteiger partial charge in [0.1, 0.15) is 0 Å². The van der Waals surface area contributed by atoms with Gasteiger partial charge in [0.05, 0.1) is 6.20 Å². The zero-order chi connectivity index (χ0) is 16.8. The maximum absolute atomic E-state index is 12.1. The van der Waals surface area contributed by atoms with Crippen molar-refractivity contribution in [3.05, 3.63) is 42.2 Å². The van der Waals surface area contributed by atoms with E-state index in [1.165, 1.54) is 0 Å². The predicted octanol–water partition coefficient (Wildman–Crippen LogP) is 1.79. The van der Waals surface area contributed by atoms with Gasteiger partial charge < -0.3 is 15.1 Å². The molecule has 0 saturated heterocycles. The lowest BCUT2D eigenvalue weighted by atomic mass is 10.1. The molecule has 2 aromatic rings. The summed E-state index contributed by atoms with van der Waals surface area (Å²) in [6, 6.07) is 8.08. The van der Waals surface area contributed by atoms with E-state index in [1.54, 1.807) is 9.58 Å². The molecule has 124 valence electrons. The van der Waals surface area contributed by atoms with Crippen molar-refractivity contribution in [2.75, 3.05) is 34.2 Å². The van der Waals surface area contributed by atoms with Crippen LogP contribution in [0.15, 0.2) is 36.7 Å². The quantitative estimate of drug-likeness (QED) is 0.884. The number of nitrogens with zero attached hydrogens (tertiary/aromatic N) is 4. The van der Waals surface area contributed by atoms with Crippen molar-refractivity contribution in [3.8, 4) is 11.1 Å². The van der Waals surface area contributed by atoms with Crippen LogP contribution < -0.4 is 5.32 Å². The van der Waals surface area contributed by atoms with Gasteiger partial charge in [0, 0.05) is 45.5 Å². The summed E-state index contributed by atoms with van der Waals surface area (Å²) in [5, 5.41) is 7.14. The molecule has 6 nitrogen and oxygen atoms in total. The van der Waals surface area contributed by atoms with Gasteiger partial charge in [0.15, 0.2) is 0 Å². The summed E-state index contributed by atoms with van der Waals surface area (Å²) in [6.07, 6.45) is 3.82. The summed E-state index contributed by atoms with van der Waals surface area (Å²) < 4.78 is 1.78. The van der Waals surface area contributed by atoms with Gasteiger partial charge in [-0.1, -0.05) is 18.2 Å². The molecule has 1 heterocycles. The highest BCUT2D eigenvalue weighted by Gasteiger charge is 2.08. The Morgan fingerprint density at radius 3 is 2.65 bits per heavy atom. The summed E-state index contributed by atoms with van der Waals surface area (Å²) in [7, 11) is 7.70. The number of carbonyl (C=O) groups is 1. The topological polar surface area (TPSA) is 53.4 Å². The first kappa shape index (κ1) is 17.0. The Morgan fingerprint density at radius 1 is 1.22 bits per heavy atom. The van der Waals surface area contributed by atoms with Crippen molar-refractivity contribution in [1.29, 1.82) is 0 Å². The number of hydrogen-bond donors (Lipinski definition) is 1. The fourth-order valence-electron chi connectivity index (χ4n) is 2.20. The molecular weight excluding hydrogens is 290 g/mol. The van der Waals surface area contributed by atoms with Crippen LogP contribution in [0, 0.1) is 0 Å². The summed E-state index contributed by atoms with van der Waals surface area (Å²) in [6.45, 7) is 2.06. The number of hydrogen-bond acceptors (Lipinski definition) is 3. The molecule has 2 rings (SSSR count). The summed E-state index contributed by atoms with van der Waals surface area (Å²) in [5.74, 6) is 0. The monoisotopic (exact) mass is 315 g/mol. The summed E-state index contributed by atoms with van der Waals surface area (Å²) >= 11 is 0. The van der Waals surface area contributed by atoms with E-state index in [1.807, 2.05) is 58.8 Å². The van der Waals surface area contributed by atoms with E-state index in [0.29, 0.717) is 13.1 Å². The standard InChI is InChI=1S/C17H25N5O/c1-20(2)8-9-21(3)17(23)18-11-14-6-5-7-15(10-14)16-12-19-22(4)13-16/h5-7,10,12-13H,8-9,11H2,1-4H3,(H,18,23). The number of nitrogens with one attached hydrogen (secondary N) is 1. The van der Waals surface area contributed by atoms with E-state index < -0.39 is 0 Å². The second-order valence-electron chi connectivity index (χ2n) is 5.99. The zero-order valence-electron chi connectivity index (χ0n) is 14.3. The molecule has 0 radical (unpaired) electrons. The van der Waals surface area contributed by atoms with Gasteiger partial charge in [-0.05, 0) is 31.3 Å². The highest BCUT2D eigenvalue weighted by molar-refractivity contribution is 5.74. The number of rotatable bonds is 6.